The molecule has 16 atom stereocenters. The van der Waals surface area contributed by atoms with Crippen LogP contribution in [0.5, 0.6) is 0 Å². The highest BCUT2D eigenvalue weighted by molar-refractivity contribution is 6.39. The third-order valence-electron chi connectivity index (χ3n) is 18.8. The Bertz CT molecular complexity index is 2390. The molecule has 4 rings (SSSR count). The number of rotatable bonds is 27. The first kappa shape index (κ1) is 80.9. The van der Waals surface area contributed by atoms with Crippen LogP contribution in [0.2, 0.25) is 0 Å². The summed E-state index contributed by atoms with van der Waals surface area (Å²) >= 11 is 0. The molecular formula is C70H117N3O20. The Morgan fingerprint density at radius 3 is 2.00 bits per heavy atom. The number of esters is 1. The number of amides is 3. The van der Waals surface area contributed by atoms with Crippen molar-refractivity contribution in [1.29, 1.82) is 0 Å². The number of likely N-dealkylation sites (N-methyl/N-ethyl adjacent to an activating group) is 2. The number of carbonyl (C=O) groups excluding carboxylic acids is 6. The van der Waals surface area contributed by atoms with Gasteiger partial charge < -0.3 is 81.8 Å². The molecule has 3 fully saturated rings. The van der Waals surface area contributed by atoms with Gasteiger partial charge in [-0.05, 0) is 114 Å². The zero-order valence-electron chi connectivity index (χ0n) is 58.6. The number of aliphatic hydroxyl groups excluding tert-OH is 1. The fourth-order valence-electron chi connectivity index (χ4n) is 12.8. The zero-order chi connectivity index (χ0) is 68.6. The van der Waals surface area contributed by atoms with Crippen LogP contribution in [-0.2, 0) is 80.8 Å². The molecule has 3 heterocycles. The van der Waals surface area contributed by atoms with Crippen molar-refractivity contribution in [3.05, 3.63) is 47.6 Å². The van der Waals surface area contributed by atoms with E-state index >= 15 is 0 Å². The third-order valence-corrected chi connectivity index (χ3v) is 18.8. The smallest absolute Gasteiger partial charge is 0.409 e. The van der Waals surface area contributed by atoms with Crippen LogP contribution in [0.3, 0.4) is 0 Å². The summed E-state index contributed by atoms with van der Waals surface area (Å²) in [6.07, 6.45) is 11.2. The second-order valence-corrected chi connectivity index (χ2v) is 26.0. The minimum Gasteiger partial charge on any atom is -0.460 e. The van der Waals surface area contributed by atoms with E-state index in [4.69, 9.17) is 56.8 Å². The SMILES string of the molecule is CCOCCN(C)C(=O)CCOCCOCCOCCOCCN(C)C(=O)O[C@@H]1CC[C@@H](C[C@@H](C)[C@@H]2C[C@@H](OC)[C@H](C)/C=C(\C)[C@@H](O)[C@@H](OC)C(=O)[C@H](C)C[C@H](C)/C=C/C=C/C=C(\C)[C@@H](OC)C[C@@H]3CC[C@@H](C)[C@@](O)(O3)C(=O)C(=O)N3CCCC[C@H]3C(=O)O2)C[C@H]1OC. The number of allylic oxidation sites excluding steroid dienone is 5. The molecule has 2 saturated heterocycles. The summed E-state index contributed by atoms with van der Waals surface area (Å²) in [5, 5.41) is 23.9. The molecule has 0 aromatic rings. The van der Waals surface area contributed by atoms with Crippen LogP contribution in [-0.4, -0.2) is 249 Å². The molecule has 0 aromatic carbocycles. The van der Waals surface area contributed by atoms with Crippen molar-refractivity contribution >= 4 is 35.4 Å². The number of Topliss-reactive ketones (excluding diaryl/α,β-unsaturated/α-hetero) is 2. The van der Waals surface area contributed by atoms with E-state index in [1.54, 1.807) is 54.2 Å². The number of aliphatic hydroxyl groups is 2. The number of cyclic esters (lactones) is 1. The molecule has 23 heteroatoms. The van der Waals surface area contributed by atoms with E-state index in [1.165, 1.54) is 16.9 Å². The van der Waals surface area contributed by atoms with Crippen LogP contribution >= 0.6 is 0 Å². The Labute approximate surface area is 554 Å². The Morgan fingerprint density at radius 1 is 0.710 bits per heavy atom. The van der Waals surface area contributed by atoms with Gasteiger partial charge in [0.25, 0.3) is 11.7 Å². The van der Waals surface area contributed by atoms with E-state index in [9.17, 15) is 39.0 Å². The minimum atomic E-state index is -2.45. The highest BCUT2D eigenvalue weighted by atomic mass is 16.6. The summed E-state index contributed by atoms with van der Waals surface area (Å²) in [5.74, 6) is -7.25. The van der Waals surface area contributed by atoms with Crippen molar-refractivity contribution in [3.63, 3.8) is 0 Å². The summed E-state index contributed by atoms with van der Waals surface area (Å²) < 4.78 is 70.3. The average molecular weight is 1320 g/mol. The van der Waals surface area contributed by atoms with Gasteiger partial charge >= 0.3 is 12.1 Å². The van der Waals surface area contributed by atoms with Crippen molar-refractivity contribution in [2.24, 2.45) is 35.5 Å². The molecular weight excluding hydrogens is 1200 g/mol. The van der Waals surface area contributed by atoms with E-state index in [2.05, 4.69) is 0 Å². The van der Waals surface area contributed by atoms with Crippen molar-refractivity contribution in [1.82, 2.24) is 14.7 Å². The van der Waals surface area contributed by atoms with Crippen LogP contribution in [0.4, 0.5) is 4.79 Å². The fourth-order valence-corrected chi connectivity index (χ4v) is 12.8. The van der Waals surface area contributed by atoms with Crippen molar-refractivity contribution < 1.29 is 95.8 Å². The van der Waals surface area contributed by atoms with Gasteiger partial charge in [-0.2, -0.15) is 0 Å². The van der Waals surface area contributed by atoms with Gasteiger partial charge in [0.15, 0.2) is 5.78 Å². The maximum absolute atomic E-state index is 14.9. The first-order valence-corrected chi connectivity index (χ1v) is 34.0. The van der Waals surface area contributed by atoms with Gasteiger partial charge in [-0.1, -0.05) is 71.1 Å². The van der Waals surface area contributed by atoms with Gasteiger partial charge in [-0.15, -0.1) is 0 Å². The normalized spacial score (nSPS) is 32.5. The Kier molecular flexibility index (Phi) is 37.4. The molecule has 4 aliphatic rings. The van der Waals surface area contributed by atoms with E-state index in [-0.39, 0.29) is 67.9 Å². The monoisotopic (exact) mass is 1320 g/mol. The Hall–Kier alpha value is -4.50. The topological polar surface area (TPSA) is 263 Å². The quantitative estimate of drug-likeness (QED) is 0.0346. The molecule has 0 unspecified atom stereocenters. The highest BCUT2D eigenvalue weighted by Gasteiger charge is 2.53. The number of ketones is 2. The molecule has 1 aliphatic carbocycles. The predicted octanol–water partition coefficient (Wildman–Crippen LogP) is 7.65. The third kappa shape index (κ3) is 26.5. The highest BCUT2D eigenvalue weighted by Crippen LogP contribution is 2.39. The van der Waals surface area contributed by atoms with Gasteiger partial charge in [-0.3, -0.25) is 19.2 Å². The number of methoxy groups -OCH3 is 4. The molecule has 3 aliphatic heterocycles. The van der Waals surface area contributed by atoms with Gasteiger partial charge in [0, 0.05) is 99.4 Å². The molecule has 3 amide bonds. The first-order valence-electron chi connectivity index (χ1n) is 34.0. The number of ether oxygens (including phenoxy) is 12. The van der Waals surface area contributed by atoms with Crippen LogP contribution in [0, 0.1) is 35.5 Å². The van der Waals surface area contributed by atoms with Crippen molar-refractivity contribution in [2.75, 3.05) is 128 Å². The van der Waals surface area contributed by atoms with Gasteiger partial charge in [-0.25, -0.2) is 9.59 Å². The lowest BCUT2D eigenvalue weighted by Gasteiger charge is -2.43. The van der Waals surface area contributed by atoms with E-state index in [0.717, 1.165) is 5.57 Å². The van der Waals surface area contributed by atoms with Crippen molar-refractivity contribution in [2.45, 2.75) is 200 Å². The molecule has 1 saturated carbocycles. The molecule has 2 bridgehead atoms. The number of hydrogen-bond acceptors (Lipinski definition) is 20. The number of hydrogen-bond donors (Lipinski definition) is 2. The maximum atomic E-state index is 14.9. The molecule has 532 valence electrons. The number of carbonyl (C=O) groups is 6. The van der Waals surface area contributed by atoms with Crippen molar-refractivity contribution in [3.8, 4) is 0 Å². The second kappa shape index (κ2) is 42.9. The molecule has 0 spiro atoms. The number of fused-ring (bicyclic) bond motifs is 3. The van der Waals surface area contributed by atoms with E-state index in [1.807, 2.05) is 78.0 Å². The second-order valence-electron chi connectivity index (χ2n) is 26.0. The molecule has 93 heavy (non-hydrogen) atoms. The van der Waals surface area contributed by atoms with Crippen LogP contribution < -0.4 is 0 Å². The predicted molar refractivity (Wildman–Crippen MR) is 350 cm³/mol. The van der Waals surface area contributed by atoms with Gasteiger partial charge in [0.2, 0.25) is 11.7 Å². The summed E-state index contributed by atoms with van der Waals surface area (Å²) in [6.45, 7) is 19.9. The van der Waals surface area contributed by atoms with E-state index < -0.39 is 96.2 Å². The lowest BCUT2D eigenvalue weighted by Crippen LogP contribution is -2.61. The lowest BCUT2D eigenvalue weighted by molar-refractivity contribution is -0.265. The maximum Gasteiger partial charge on any atom is 0.409 e. The largest absolute Gasteiger partial charge is 0.460 e. The number of nitrogens with zero attached hydrogens (tertiary/aromatic N) is 3. The summed E-state index contributed by atoms with van der Waals surface area (Å²) in [4.78, 5) is 87.8. The van der Waals surface area contributed by atoms with Crippen LogP contribution in [0.15, 0.2) is 47.6 Å². The minimum absolute atomic E-state index is 0.00113. The fraction of sp³-hybridized carbons (Fsp3) is 0.800. The standard InChI is InChI=1S/C70H117N3O20/c1-15-86-33-30-71(9)62(74)28-32-87-35-37-89-39-40-90-38-36-88-34-31-72(10)69(80)92-57-27-25-54(44-61(57)84-13)43-50(5)60-46-59(83-12)49(4)42-52(7)64(76)65(85-14)63(75)51(6)41-47(2)21-17-16-18-22-48(3)58(82-11)45-55-26-24-53(8)70(81,93-55)66(77)67(78)73-29-20-19-23-56(73)68(79)91-60/h16-18,21-22,42,47,49-51,53-61,64-65,76,81H,15,19-20,23-41,43-46H2,1-14H3/b18-16+,21-17+,48-22+,52-42+/t47-,49-,50-,51-,53-,54+,55+,56+,57-,58+,59-,60+,61-,64-,65+,70-/m1/s1. The summed E-state index contributed by atoms with van der Waals surface area (Å²) in [6, 6.07) is -1.13. The summed E-state index contributed by atoms with van der Waals surface area (Å²) in [7, 11) is 9.56. The number of piperidine rings is 1. The van der Waals surface area contributed by atoms with E-state index in [0.29, 0.717) is 142 Å². The zero-order valence-corrected chi connectivity index (χ0v) is 58.6. The molecule has 23 nitrogen and oxygen atoms in total. The molecule has 0 radical (unpaired) electrons. The lowest BCUT2D eigenvalue weighted by atomic mass is 9.78. The van der Waals surface area contributed by atoms with Gasteiger partial charge in [0.1, 0.15) is 30.5 Å². The first-order chi connectivity index (χ1) is 44.4. The summed E-state index contributed by atoms with van der Waals surface area (Å²) in [5.41, 5.74) is 1.38. The van der Waals surface area contributed by atoms with Crippen LogP contribution in [0.25, 0.3) is 0 Å². The Morgan fingerprint density at radius 2 is 1.35 bits per heavy atom. The Balaban J connectivity index is 1.43. The van der Waals surface area contributed by atoms with Crippen LogP contribution in [0.1, 0.15) is 139 Å². The average Bonchev–Trinajstić information content (AvgIpc) is 0.833. The van der Waals surface area contributed by atoms with Gasteiger partial charge in [0.05, 0.1) is 90.3 Å². The molecule has 0 aromatic heterocycles. The molecule has 2 N–H and O–H groups in total.